The molecule has 0 amide bonds. The molecule has 0 aromatic carbocycles. The second kappa shape index (κ2) is 7.14. The molecular weight excluding hydrogens is 230 g/mol. The number of nitrogens with one attached hydrogen (secondary N) is 1. The first-order valence-corrected chi connectivity index (χ1v) is 7.44. The number of thiophene rings is 1. The van der Waals surface area contributed by atoms with Crippen LogP contribution in [0.4, 0.5) is 0 Å². The Kier molecular flexibility index (Phi) is 6.17. The van der Waals surface area contributed by atoms with Gasteiger partial charge in [-0.3, -0.25) is 0 Å². The zero-order chi connectivity index (χ0) is 12.7. The van der Waals surface area contributed by atoms with Crippen LogP contribution in [-0.4, -0.2) is 24.8 Å². The van der Waals surface area contributed by atoms with Gasteiger partial charge in [0.2, 0.25) is 0 Å². The van der Waals surface area contributed by atoms with E-state index in [0.717, 1.165) is 26.0 Å². The molecular formula is C14H25NOS. The molecule has 0 bridgehead atoms. The quantitative estimate of drug-likeness (QED) is 0.768. The summed E-state index contributed by atoms with van der Waals surface area (Å²) in [7, 11) is 0. The summed E-state index contributed by atoms with van der Waals surface area (Å²) in [6.07, 6.45) is 2.08. The number of hydrogen-bond acceptors (Lipinski definition) is 3. The zero-order valence-electron chi connectivity index (χ0n) is 11.5. The predicted octanol–water partition coefficient (Wildman–Crippen LogP) is 3.47. The van der Waals surface area contributed by atoms with Crippen LogP contribution in [0.25, 0.3) is 0 Å². The molecule has 1 rings (SSSR count). The van der Waals surface area contributed by atoms with Crippen molar-refractivity contribution in [2.45, 2.75) is 52.2 Å². The van der Waals surface area contributed by atoms with Gasteiger partial charge in [-0.15, -0.1) is 11.3 Å². The molecule has 3 heteroatoms. The third-order valence-corrected chi connectivity index (χ3v) is 4.25. The monoisotopic (exact) mass is 255 g/mol. The van der Waals surface area contributed by atoms with E-state index in [9.17, 15) is 0 Å². The standard InChI is InChI=1S/C14H25NOS/c1-5-14(4,16-7-3)13(15-6-2)11-12-9-8-10-17-12/h8-10,13,15H,5-7,11H2,1-4H3. The number of ether oxygens (including phenoxy) is 1. The summed E-state index contributed by atoms with van der Waals surface area (Å²) in [4.78, 5) is 1.43. The summed E-state index contributed by atoms with van der Waals surface area (Å²) in [6.45, 7) is 10.4. The molecule has 2 atom stereocenters. The van der Waals surface area contributed by atoms with E-state index in [1.807, 2.05) is 11.3 Å². The van der Waals surface area contributed by atoms with Gasteiger partial charge in [0, 0.05) is 17.5 Å². The Morgan fingerprint density at radius 2 is 2.18 bits per heavy atom. The highest BCUT2D eigenvalue weighted by Gasteiger charge is 2.32. The van der Waals surface area contributed by atoms with Crippen LogP contribution < -0.4 is 5.32 Å². The van der Waals surface area contributed by atoms with Gasteiger partial charge in [0.1, 0.15) is 0 Å². The highest BCUT2D eigenvalue weighted by atomic mass is 32.1. The molecule has 1 aromatic heterocycles. The van der Waals surface area contributed by atoms with Gasteiger partial charge >= 0.3 is 0 Å². The molecule has 98 valence electrons. The van der Waals surface area contributed by atoms with Crippen molar-refractivity contribution in [2.24, 2.45) is 0 Å². The van der Waals surface area contributed by atoms with Crippen LogP contribution in [0, 0.1) is 0 Å². The van der Waals surface area contributed by atoms with Crippen LogP contribution in [0.1, 0.15) is 39.0 Å². The Morgan fingerprint density at radius 3 is 2.65 bits per heavy atom. The Morgan fingerprint density at radius 1 is 1.41 bits per heavy atom. The fraction of sp³-hybridized carbons (Fsp3) is 0.714. The lowest BCUT2D eigenvalue weighted by Crippen LogP contribution is -2.51. The average Bonchev–Trinajstić information content (AvgIpc) is 2.81. The van der Waals surface area contributed by atoms with Crippen molar-refractivity contribution in [3.8, 4) is 0 Å². The van der Waals surface area contributed by atoms with E-state index in [-0.39, 0.29) is 5.60 Å². The summed E-state index contributed by atoms with van der Waals surface area (Å²) in [5, 5.41) is 5.72. The third-order valence-electron chi connectivity index (χ3n) is 3.35. The molecule has 1 heterocycles. The maximum atomic E-state index is 5.98. The Labute approximate surface area is 109 Å². The van der Waals surface area contributed by atoms with Crippen LogP contribution in [0.5, 0.6) is 0 Å². The summed E-state index contributed by atoms with van der Waals surface area (Å²) in [5.41, 5.74) is -0.0747. The molecule has 2 nitrogen and oxygen atoms in total. The lowest BCUT2D eigenvalue weighted by atomic mass is 9.90. The summed E-state index contributed by atoms with van der Waals surface area (Å²) >= 11 is 1.83. The van der Waals surface area contributed by atoms with E-state index in [4.69, 9.17) is 4.74 Å². The van der Waals surface area contributed by atoms with Crippen molar-refractivity contribution >= 4 is 11.3 Å². The molecule has 0 radical (unpaired) electrons. The van der Waals surface area contributed by atoms with Crippen molar-refractivity contribution < 1.29 is 4.74 Å². The normalized spacial score (nSPS) is 16.7. The topological polar surface area (TPSA) is 21.3 Å². The van der Waals surface area contributed by atoms with E-state index in [0.29, 0.717) is 6.04 Å². The summed E-state index contributed by atoms with van der Waals surface area (Å²) in [5.74, 6) is 0. The van der Waals surface area contributed by atoms with E-state index >= 15 is 0 Å². The largest absolute Gasteiger partial charge is 0.374 e. The molecule has 0 saturated heterocycles. The van der Waals surface area contributed by atoms with E-state index in [1.54, 1.807) is 0 Å². The molecule has 2 unspecified atom stereocenters. The molecule has 17 heavy (non-hydrogen) atoms. The molecule has 0 aliphatic heterocycles. The van der Waals surface area contributed by atoms with Gasteiger partial charge in [0.25, 0.3) is 0 Å². The zero-order valence-corrected chi connectivity index (χ0v) is 12.3. The number of rotatable bonds is 8. The second-order valence-electron chi connectivity index (χ2n) is 4.49. The van der Waals surface area contributed by atoms with Gasteiger partial charge < -0.3 is 10.1 Å². The number of hydrogen-bond donors (Lipinski definition) is 1. The Balaban J connectivity index is 2.75. The molecule has 0 spiro atoms. The smallest absolute Gasteiger partial charge is 0.0807 e. The van der Waals surface area contributed by atoms with E-state index in [2.05, 4.69) is 50.5 Å². The molecule has 0 saturated carbocycles. The highest BCUT2D eigenvalue weighted by molar-refractivity contribution is 7.09. The van der Waals surface area contributed by atoms with Crippen molar-refractivity contribution in [1.29, 1.82) is 0 Å². The van der Waals surface area contributed by atoms with Crippen molar-refractivity contribution in [1.82, 2.24) is 5.32 Å². The first kappa shape index (κ1) is 14.7. The van der Waals surface area contributed by atoms with Gasteiger partial charge in [0.15, 0.2) is 0 Å². The molecule has 1 N–H and O–H groups in total. The average molecular weight is 255 g/mol. The molecule has 0 aliphatic rings. The van der Waals surface area contributed by atoms with Gasteiger partial charge in [-0.25, -0.2) is 0 Å². The van der Waals surface area contributed by atoms with Crippen LogP contribution >= 0.6 is 11.3 Å². The van der Waals surface area contributed by atoms with Gasteiger partial charge in [0.05, 0.1) is 5.60 Å². The first-order chi connectivity index (χ1) is 8.16. The molecule has 0 fully saturated rings. The minimum absolute atomic E-state index is 0.0747. The third kappa shape index (κ3) is 4.09. The predicted molar refractivity (Wildman–Crippen MR) is 75.8 cm³/mol. The summed E-state index contributed by atoms with van der Waals surface area (Å²) < 4.78 is 5.98. The highest BCUT2D eigenvalue weighted by Crippen LogP contribution is 2.24. The Hall–Kier alpha value is -0.380. The van der Waals surface area contributed by atoms with Crippen LogP contribution in [0.3, 0.4) is 0 Å². The SMILES string of the molecule is CCNC(Cc1cccs1)C(C)(CC)OCC. The molecule has 1 aromatic rings. The van der Waals surface area contributed by atoms with Gasteiger partial charge in [-0.1, -0.05) is 19.9 Å². The van der Waals surface area contributed by atoms with Gasteiger partial charge in [-0.05, 0) is 44.7 Å². The molecule has 0 aliphatic carbocycles. The lowest BCUT2D eigenvalue weighted by molar-refractivity contribution is -0.0545. The minimum atomic E-state index is -0.0747. The maximum absolute atomic E-state index is 5.98. The van der Waals surface area contributed by atoms with Crippen molar-refractivity contribution in [2.75, 3.05) is 13.2 Å². The fourth-order valence-corrected chi connectivity index (χ4v) is 2.91. The van der Waals surface area contributed by atoms with Crippen molar-refractivity contribution in [3.63, 3.8) is 0 Å². The lowest BCUT2D eigenvalue weighted by Gasteiger charge is -2.37. The van der Waals surface area contributed by atoms with Crippen LogP contribution in [0.15, 0.2) is 17.5 Å². The maximum Gasteiger partial charge on any atom is 0.0807 e. The van der Waals surface area contributed by atoms with Crippen molar-refractivity contribution in [3.05, 3.63) is 22.4 Å². The second-order valence-corrected chi connectivity index (χ2v) is 5.53. The fourth-order valence-electron chi connectivity index (χ4n) is 2.16. The van der Waals surface area contributed by atoms with Gasteiger partial charge in [-0.2, -0.15) is 0 Å². The van der Waals surface area contributed by atoms with Crippen LogP contribution in [-0.2, 0) is 11.2 Å². The summed E-state index contributed by atoms with van der Waals surface area (Å²) in [6, 6.07) is 4.71. The van der Waals surface area contributed by atoms with E-state index < -0.39 is 0 Å². The number of likely N-dealkylation sites (N-methyl/N-ethyl adjacent to an activating group) is 1. The van der Waals surface area contributed by atoms with E-state index in [1.165, 1.54) is 4.88 Å². The Bertz CT molecular complexity index is 299. The first-order valence-electron chi connectivity index (χ1n) is 6.56. The van der Waals surface area contributed by atoms with Crippen LogP contribution in [0.2, 0.25) is 0 Å². The minimum Gasteiger partial charge on any atom is -0.374 e.